The number of hydrogen-bond acceptors (Lipinski definition) is 6. The topological polar surface area (TPSA) is 130 Å². The van der Waals surface area contributed by atoms with Crippen LogP contribution in [0.15, 0.2) is 12.2 Å². The van der Waals surface area contributed by atoms with Crippen molar-refractivity contribution in [2.75, 3.05) is 6.61 Å². The summed E-state index contributed by atoms with van der Waals surface area (Å²) in [6, 6.07) is -1.02. The van der Waals surface area contributed by atoms with E-state index in [1.807, 2.05) is 6.08 Å². The normalized spacial score (nSPS) is 15.0. The van der Waals surface area contributed by atoms with Crippen LogP contribution in [0.3, 0.4) is 0 Å². The first-order valence-electron chi connectivity index (χ1n) is 21.2. The molecule has 0 aromatic rings. The lowest BCUT2D eigenvalue weighted by Crippen LogP contribution is -2.50. The van der Waals surface area contributed by atoms with Crippen LogP contribution in [0.5, 0.6) is 0 Å². The second kappa shape index (κ2) is 36.8. The summed E-state index contributed by atoms with van der Waals surface area (Å²) in [5, 5.41) is 53.9. The average molecular weight is 698 g/mol. The molecule has 0 aliphatic heterocycles. The van der Waals surface area contributed by atoms with E-state index in [1.165, 1.54) is 148 Å². The largest absolute Gasteiger partial charge is 0.394 e. The quantitative estimate of drug-likeness (QED) is 0.0282. The van der Waals surface area contributed by atoms with Crippen molar-refractivity contribution in [3.63, 3.8) is 0 Å². The molecule has 0 aliphatic rings. The summed E-state index contributed by atoms with van der Waals surface area (Å²) in [5.41, 5.74) is 0. The summed E-state index contributed by atoms with van der Waals surface area (Å²) >= 11 is 0. The molecule has 0 bridgehead atoms. The second-order valence-electron chi connectivity index (χ2n) is 14.9. The number of hydrogen-bond donors (Lipinski definition) is 6. The third kappa shape index (κ3) is 31.5. The van der Waals surface area contributed by atoms with E-state index in [1.54, 1.807) is 0 Å². The highest BCUT2D eigenvalue weighted by Gasteiger charge is 2.28. The van der Waals surface area contributed by atoms with Crippen LogP contribution >= 0.6 is 0 Å². The van der Waals surface area contributed by atoms with E-state index in [0.717, 1.165) is 25.7 Å². The molecule has 0 fully saturated rings. The van der Waals surface area contributed by atoms with Gasteiger partial charge in [0.05, 0.1) is 31.0 Å². The molecule has 7 heteroatoms. The number of nitrogens with one attached hydrogen (secondary N) is 1. The fraction of sp³-hybridized carbons (Fsp3) is 0.929. The van der Waals surface area contributed by atoms with Crippen molar-refractivity contribution < 1.29 is 30.3 Å². The van der Waals surface area contributed by atoms with Crippen LogP contribution in [0.25, 0.3) is 0 Å². The van der Waals surface area contributed by atoms with Crippen LogP contribution in [0.1, 0.15) is 213 Å². The van der Waals surface area contributed by atoms with Gasteiger partial charge in [0.1, 0.15) is 6.10 Å². The minimum Gasteiger partial charge on any atom is -0.394 e. The fourth-order valence-corrected chi connectivity index (χ4v) is 6.57. The molecule has 0 heterocycles. The molecular formula is C42H83NO6. The van der Waals surface area contributed by atoms with Crippen molar-refractivity contribution in [1.29, 1.82) is 0 Å². The number of allylic oxidation sites excluding steroid dienone is 2. The van der Waals surface area contributed by atoms with Crippen molar-refractivity contribution in [2.45, 2.75) is 243 Å². The lowest BCUT2D eigenvalue weighted by Gasteiger charge is -2.27. The lowest BCUT2D eigenvalue weighted by molar-refractivity contribution is -0.132. The molecule has 0 aromatic heterocycles. The van der Waals surface area contributed by atoms with E-state index >= 15 is 0 Å². The Hall–Kier alpha value is -0.990. The van der Waals surface area contributed by atoms with E-state index in [9.17, 15) is 30.3 Å². The summed E-state index contributed by atoms with van der Waals surface area (Å²) in [5.74, 6) is -0.625. The fourth-order valence-electron chi connectivity index (χ4n) is 6.57. The first-order valence-corrected chi connectivity index (χ1v) is 21.2. The zero-order valence-electron chi connectivity index (χ0n) is 32.3. The molecule has 0 rings (SSSR count). The third-order valence-corrected chi connectivity index (χ3v) is 10.1. The van der Waals surface area contributed by atoms with Crippen LogP contribution in [0.4, 0.5) is 0 Å². The number of unbranched alkanes of at least 4 members (excludes halogenated alkanes) is 25. The zero-order valence-corrected chi connectivity index (χ0v) is 32.3. The molecule has 0 saturated carbocycles. The lowest BCUT2D eigenvalue weighted by atomic mass is 9.98. The zero-order chi connectivity index (χ0) is 36.2. The summed E-state index contributed by atoms with van der Waals surface area (Å²) in [4.78, 5) is 12.5. The summed E-state index contributed by atoms with van der Waals surface area (Å²) in [6.45, 7) is 3.98. The first-order chi connectivity index (χ1) is 23.9. The molecule has 0 aliphatic carbocycles. The Morgan fingerprint density at radius 1 is 0.490 bits per heavy atom. The second-order valence-corrected chi connectivity index (χ2v) is 14.9. The van der Waals surface area contributed by atoms with Crippen LogP contribution in [-0.4, -0.2) is 68.5 Å². The average Bonchev–Trinajstić information content (AvgIpc) is 3.10. The Balaban J connectivity index is 3.88. The molecule has 0 radical (unpaired) electrons. The minimum atomic E-state index is -1.24. The molecule has 1 amide bonds. The van der Waals surface area contributed by atoms with Gasteiger partial charge in [-0.05, 0) is 32.1 Å². The number of rotatable bonds is 38. The van der Waals surface area contributed by atoms with Gasteiger partial charge in [-0.15, -0.1) is 0 Å². The predicted molar refractivity (Wildman–Crippen MR) is 207 cm³/mol. The maximum absolute atomic E-state index is 12.5. The number of carbonyl (C=O) groups is 1. The maximum atomic E-state index is 12.5. The van der Waals surface area contributed by atoms with E-state index < -0.39 is 43.0 Å². The van der Waals surface area contributed by atoms with Gasteiger partial charge >= 0.3 is 0 Å². The summed E-state index contributed by atoms with van der Waals surface area (Å²) in [6.07, 6.45) is 35.2. The van der Waals surface area contributed by atoms with Crippen molar-refractivity contribution in [3.05, 3.63) is 12.2 Å². The molecule has 7 nitrogen and oxygen atoms in total. The third-order valence-electron chi connectivity index (χ3n) is 10.1. The van der Waals surface area contributed by atoms with Crippen molar-refractivity contribution in [2.24, 2.45) is 0 Å². The molecule has 5 unspecified atom stereocenters. The number of aliphatic hydroxyl groups excluding tert-OH is 5. The van der Waals surface area contributed by atoms with Gasteiger partial charge in [0, 0.05) is 6.42 Å². The van der Waals surface area contributed by atoms with Gasteiger partial charge < -0.3 is 30.8 Å². The standard InChI is InChI=1S/C42H83NO6/c1-3-5-7-9-11-13-15-17-18-19-20-21-22-24-25-27-29-31-33-38(45)41(48)35-40(47)37(36-44)43-42(49)39(46)34-32-30-28-26-23-16-14-12-10-8-6-4-2/h27,29,37-41,44-48H,3-26,28,30-36H2,1-2H3,(H,43,49)/b29-27+. The SMILES string of the molecule is CCCCCCCCCCCCCCCC/C=C/CCC(O)C(O)CC(O)C(CO)NC(=O)C(O)CCCCCCCCCCCCCC. The molecular weight excluding hydrogens is 614 g/mol. The van der Waals surface area contributed by atoms with E-state index in [4.69, 9.17) is 0 Å². The van der Waals surface area contributed by atoms with Crippen LogP contribution in [-0.2, 0) is 4.79 Å². The number of aliphatic hydroxyl groups is 5. The molecule has 0 aromatic carbocycles. The molecule has 6 N–H and O–H groups in total. The van der Waals surface area contributed by atoms with Crippen molar-refractivity contribution >= 4 is 5.91 Å². The Labute approximate surface area is 303 Å². The Kier molecular flexibility index (Phi) is 36.0. The molecule has 5 atom stereocenters. The smallest absolute Gasteiger partial charge is 0.249 e. The maximum Gasteiger partial charge on any atom is 0.249 e. The minimum absolute atomic E-state index is 0.176. The van der Waals surface area contributed by atoms with Crippen molar-refractivity contribution in [1.82, 2.24) is 5.32 Å². The van der Waals surface area contributed by atoms with Crippen LogP contribution < -0.4 is 5.32 Å². The molecule has 0 spiro atoms. The Morgan fingerprint density at radius 3 is 1.31 bits per heavy atom. The van der Waals surface area contributed by atoms with Crippen LogP contribution in [0, 0.1) is 0 Å². The summed E-state index contributed by atoms with van der Waals surface area (Å²) in [7, 11) is 0. The highest BCUT2D eigenvalue weighted by Crippen LogP contribution is 2.16. The van der Waals surface area contributed by atoms with Crippen LogP contribution in [0.2, 0.25) is 0 Å². The van der Waals surface area contributed by atoms with Crippen molar-refractivity contribution in [3.8, 4) is 0 Å². The van der Waals surface area contributed by atoms with E-state index in [-0.39, 0.29) is 6.42 Å². The van der Waals surface area contributed by atoms with Gasteiger partial charge in [-0.3, -0.25) is 4.79 Å². The van der Waals surface area contributed by atoms with Gasteiger partial charge in [0.25, 0.3) is 0 Å². The number of carbonyl (C=O) groups excluding carboxylic acids is 1. The number of amides is 1. The van der Waals surface area contributed by atoms with Gasteiger partial charge in [0.15, 0.2) is 0 Å². The monoisotopic (exact) mass is 698 g/mol. The Morgan fingerprint density at radius 2 is 0.878 bits per heavy atom. The van der Waals surface area contributed by atoms with E-state index in [0.29, 0.717) is 19.3 Å². The van der Waals surface area contributed by atoms with Gasteiger partial charge in [-0.25, -0.2) is 0 Å². The Bertz CT molecular complexity index is 719. The van der Waals surface area contributed by atoms with Gasteiger partial charge in [-0.2, -0.15) is 0 Å². The van der Waals surface area contributed by atoms with Gasteiger partial charge in [-0.1, -0.05) is 187 Å². The highest BCUT2D eigenvalue weighted by molar-refractivity contribution is 5.80. The van der Waals surface area contributed by atoms with E-state index in [2.05, 4.69) is 25.2 Å². The molecule has 0 saturated heterocycles. The highest BCUT2D eigenvalue weighted by atomic mass is 16.3. The first kappa shape index (κ1) is 48.0. The van der Waals surface area contributed by atoms with Gasteiger partial charge in [0.2, 0.25) is 5.91 Å². The molecule has 49 heavy (non-hydrogen) atoms. The molecule has 292 valence electrons. The summed E-state index contributed by atoms with van der Waals surface area (Å²) < 4.78 is 0. The predicted octanol–water partition coefficient (Wildman–Crippen LogP) is 9.60.